The van der Waals surface area contributed by atoms with Crippen LogP contribution in [0.15, 0.2) is 24.3 Å². The Kier molecular flexibility index (Phi) is 6.77. The fraction of sp³-hybridized carbons (Fsp3) is 0.417. The molecule has 0 saturated heterocycles. The second-order valence-corrected chi connectivity index (χ2v) is 3.63. The summed E-state index contributed by atoms with van der Waals surface area (Å²) in [6, 6.07) is 7.65. The molecule has 0 aliphatic heterocycles. The Morgan fingerprint density at radius 2 is 1.94 bits per heavy atom. The summed E-state index contributed by atoms with van der Waals surface area (Å²) in [5, 5.41) is 2.81. The number of hydrogen-bond donors (Lipinski definition) is 2. The van der Waals surface area contributed by atoms with E-state index in [4.69, 9.17) is 5.73 Å². The number of rotatable bonds is 4. The molecule has 1 rings (SSSR count). The van der Waals surface area contributed by atoms with Crippen molar-refractivity contribution in [3.8, 4) is 0 Å². The van der Waals surface area contributed by atoms with Gasteiger partial charge in [0.15, 0.2) is 0 Å². The number of carbonyl (C=O) groups excluding carboxylic acids is 1. The van der Waals surface area contributed by atoms with E-state index in [1.54, 1.807) is 6.92 Å². The van der Waals surface area contributed by atoms with E-state index in [1.807, 2.05) is 18.2 Å². The zero-order valence-corrected chi connectivity index (χ0v) is 10.5. The summed E-state index contributed by atoms with van der Waals surface area (Å²) >= 11 is 0. The first-order chi connectivity index (χ1) is 7.15. The zero-order chi connectivity index (χ0) is 11.3. The second-order valence-electron chi connectivity index (χ2n) is 3.63. The molecule has 1 amide bonds. The SMILES string of the molecule is CCc1ccccc1CNC(=O)C(C)N.Cl. The van der Waals surface area contributed by atoms with Crippen LogP contribution in [0.5, 0.6) is 0 Å². The maximum Gasteiger partial charge on any atom is 0.236 e. The molecule has 0 spiro atoms. The Balaban J connectivity index is 0.00000225. The maximum absolute atomic E-state index is 11.3. The van der Waals surface area contributed by atoms with Gasteiger partial charge in [0.05, 0.1) is 6.04 Å². The lowest BCUT2D eigenvalue weighted by molar-refractivity contribution is -0.122. The lowest BCUT2D eigenvalue weighted by Gasteiger charge is -2.10. The molecule has 0 saturated carbocycles. The summed E-state index contributed by atoms with van der Waals surface area (Å²) in [4.78, 5) is 11.3. The molecule has 1 aromatic carbocycles. The smallest absolute Gasteiger partial charge is 0.236 e. The van der Waals surface area contributed by atoms with Crippen molar-refractivity contribution in [3.63, 3.8) is 0 Å². The predicted molar refractivity (Wildman–Crippen MR) is 68.6 cm³/mol. The van der Waals surface area contributed by atoms with Crippen LogP contribution in [0.25, 0.3) is 0 Å². The molecule has 1 atom stereocenters. The lowest BCUT2D eigenvalue weighted by Crippen LogP contribution is -2.37. The fourth-order valence-corrected chi connectivity index (χ4v) is 1.42. The van der Waals surface area contributed by atoms with Crippen LogP contribution >= 0.6 is 12.4 Å². The van der Waals surface area contributed by atoms with Crippen molar-refractivity contribution in [2.45, 2.75) is 32.9 Å². The minimum absolute atomic E-state index is 0. The standard InChI is InChI=1S/C12H18N2O.ClH/c1-3-10-6-4-5-7-11(10)8-14-12(15)9(2)13;/h4-7,9H,3,8,13H2,1-2H3,(H,14,15);1H. The van der Waals surface area contributed by atoms with Crippen molar-refractivity contribution in [1.29, 1.82) is 0 Å². The van der Waals surface area contributed by atoms with Crippen LogP contribution in [-0.2, 0) is 17.8 Å². The van der Waals surface area contributed by atoms with Gasteiger partial charge in [0, 0.05) is 6.54 Å². The molecule has 4 heteroatoms. The van der Waals surface area contributed by atoms with Gasteiger partial charge >= 0.3 is 0 Å². The molecule has 3 nitrogen and oxygen atoms in total. The van der Waals surface area contributed by atoms with Gasteiger partial charge in [-0.25, -0.2) is 0 Å². The van der Waals surface area contributed by atoms with Crippen molar-refractivity contribution in [2.75, 3.05) is 0 Å². The van der Waals surface area contributed by atoms with Gasteiger partial charge in [-0.05, 0) is 24.5 Å². The molecular weight excluding hydrogens is 224 g/mol. The molecule has 16 heavy (non-hydrogen) atoms. The van der Waals surface area contributed by atoms with E-state index in [0.29, 0.717) is 6.54 Å². The average Bonchev–Trinajstić information content (AvgIpc) is 2.26. The number of carbonyl (C=O) groups is 1. The average molecular weight is 243 g/mol. The van der Waals surface area contributed by atoms with Crippen molar-refractivity contribution in [1.82, 2.24) is 5.32 Å². The predicted octanol–water partition coefficient (Wildman–Crippen LogP) is 1.63. The quantitative estimate of drug-likeness (QED) is 0.843. The molecule has 90 valence electrons. The fourth-order valence-electron chi connectivity index (χ4n) is 1.42. The van der Waals surface area contributed by atoms with Crippen molar-refractivity contribution in [3.05, 3.63) is 35.4 Å². The maximum atomic E-state index is 11.3. The monoisotopic (exact) mass is 242 g/mol. The number of nitrogens with one attached hydrogen (secondary N) is 1. The van der Waals surface area contributed by atoms with Crippen LogP contribution in [0.1, 0.15) is 25.0 Å². The summed E-state index contributed by atoms with van der Waals surface area (Å²) in [6.07, 6.45) is 0.976. The number of nitrogens with two attached hydrogens (primary N) is 1. The summed E-state index contributed by atoms with van der Waals surface area (Å²) in [5.74, 6) is -0.110. The Labute approximate surface area is 103 Å². The van der Waals surface area contributed by atoms with Gasteiger partial charge in [-0.15, -0.1) is 12.4 Å². The first-order valence-corrected chi connectivity index (χ1v) is 5.25. The van der Waals surface area contributed by atoms with Crippen LogP contribution in [0.3, 0.4) is 0 Å². The molecule has 1 aromatic rings. The Morgan fingerprint density at radius 3 is 2.44 bits per heavy atom. The topological polar surface area (TPSA) is 55.1 Å². The summed E-state index contributed by atoms with van der Waals surface area (Å²) in [5.41, 5.74) is 7.89. The summed E-state index contributed by atoms with van der Waals surface area (Å²) < 4.78 is 0. The highest BCUT2D eigenvalue weighted by Gasteiger charge is 2.07. The van der Waals surface area contributed by atoms with Crippen molar-refractivity contribution < 1.29 is 4.79 Å². The van der Waals surface area contributed by atoms with Crippen LogP contribution in [0, 0.1) is 0 Å². The molecule has 3 N–H and O–H groups in total. The van der Waals surface area contributed by atoms with Crippen LogP contribution < -0.4 is 11.1 Å². The zero-order valence-electron chi connectivity index (χ0n) is 9.69. The highest BCUT2D eigenvalue weighted by Crippen LogP contribution is 2.08. The van der Waals surface area contributed by atoms with Crippen molar-refractivity contribution >= 4 is 18.3 Å². The van der Waals surface area contributed by atoms with Crippen LogP contribution in [0.4, 0.5) is 0 Å². The minimum Gasteiger partial charge on any atom is -0.351 e. The van der Waals surface area contributed by atoms with Crippen molar-refractivity contribution in [2.24, 2.45) is 5.73 Å². The highest BCUT2D eigenvalue weighted by atomic mass is 35.5. The van der Waals surface area contributed by atoms with Gasteiger partial charge in [-0.1, -0.05) is 31.2 Å². The van der Waals surface area contributed by atoms with Gasteiger partial charge < -0.3 is 11.1 Å². The molecule has 0 fully saturated rings. The number of benzene rings is 1. The molecule has 0 radical (unpaired) electrons. The number of aryl methyl sites for hydroxylation is 1. The van der Waals surface area contributed by atoms with E-state index >= 15 is 0 Å². The summed E-state index contributed by atoms with van der Waals surface area (Å²) in [7, 11) is 0. The number of amides is 1. The van der Waals surface area contributed by atoms with E-state index in [9.17, 15) is 4.79 Å². The Bertz CT molecular complexity index is 340. The Hall–Kier alpha value is -1.06. The molecule has 0 bridgehead atoms. The van der Waals surface area contributed by atoms with Gasteiger partial charge in [0.2, 0.25) is 5.91 Å². The third kappa shape index (κ3) is 4.21. The number of hydrogen-bond acceptors (Lipinski definition) is 2. The number of halogens is 1. The molecule has 1 unspecified atom stereocenters. The van der Waals surface area contributed by atoms with E-state index < -0.39 is 6.04 Å². The first-order valence-electron chi connectivity index (χ1n) is 5.25. The minimum atomic E-state index is -0.446. The third-order valence-electron chi connectivity index (χ3n) is 2.37. The van der Waals surface area contributed by atoms with Crippen LogP contribution in [-0.4, -0.2) is 11.9 Å². The van der Waals surface area contributed by atoms with Gasteiger partial charge in [-0.2, -0.15) is 0 Å². The second kappa shape index (κ2) is 7.25. The first kappa shape index (κ1) is 14.9. The van der Waals surface area contributed by atoms with Gasteiger partial charge in [0.25, 0.3) is 0 Å². The van der Waals surface area contributed by atoms with Gasteiger partial charge in [0.1, 0.15) is 0 Å². The molecule has 0 aliphatic carbocycles. The molecule has 0 aromatic heterocycles. The highest BCUT2D eigenvalue weighted by molar-refractivity contribution is 5.85. The molecule has 0 heterocycles. The lowest BCUT2D eigenvalue weighted by atomic mass is 10.1. The Morgan fingerprint density at radius 1 is 1.38 bits per heavy atom. The van der Waals surface area contributed by atoms with Crippen LogP contribution in [0.2, 0.25) is 0 Å². The third-order valence-corrected chi connectivity index (χ3v) is 2.37. The van der Waals surface area contributed by atoms with Gasteiger partial charge in [-0.3, -0.25) is 4.79 Å². The summed E-state index contributed by atoms with van der Waals surface area (Å²) in [6.45, 7) is 4.34. The molecule has 0 aliphatic rings. The van der Waals surface area contributed by atoms with E-state index in [-0.39, 0.29) is 18.3 Å². The van der Waals surface area contributed by atoms with E-state index in [2.05, 4.69) is 18.3 Å². The van der Waals surface area contributed by atoms with E-state index in [0.717, 1.165) is 12.0 Å². The largest absolute Gasteiger partial charge is 0.351 e. The van der Waals surface area contributed by atoms with E-state index in [1.165, 1.54) is 5.56 Å². The normalized spacial score (nSPS) is 11.4. The molecular formula is C12H19ClN2O.